The summed E-state index contributed by atoms with van der Waals surface area (Å²) in [5, 5.41) is 11.2. The van der Waals surface area contributed by atoms with Crippen LogP contribution in [0.3, 0.4) is 0 Å². The van der Waals surface area contributed by atoms with E-state index in [2.05, 4.69) is 0 Å². The van der Waals surface area contributed by atoms with Gasteiger partial charge in [-0.3, -0.25) is 0 Å². The van der Waals surface area contributed by atoms with Gasteiger partial charge in [-0.05, 0) is 36.2 Å². The Kier molecular flexibility index (Phi) is 5.92. The van der Waals surface area contributed by atoms with Crippen molar-refractivity contribution in [3.8, 4) is 5.75 Å². The van der Waals surface area contributed by atoms with E-state index in [1.165, 1.54) is 0 Å². The van der Waals surface area contributed by atoms with Crippen molar-refractivity contribution in [2.24, 2.45) is 0 Å². The summed E-state index contributed by atoms with van der Waals surface area (Å²) in [7, 11) is 0. The third-order valence-electron chi connectivity index (χ3n) is 3.25. The monoisotopic (exact) mass is 324 g/mol. The lowest BCUT2D eigenvalue weighted by Gasteiger charge is -2.13. The molecule has 0 amide bonds. The average Bonchev–Trinajstić information content (AvgIpc) is 2.47. The first kappa shape index (κ1) is 16.2. The molecule has 0 aliphatic carbocycles. The van der Waals surface area contributed by atoms with E-state index < -0.39 is 6.10 Å². The first-order valence-electron chi connectivity index (χ1n) is 6.95. The summed E-state index contributed by atoms with van der Waals surface area (Å²) in [5.41, 5.74) is 1.62. The van der Waals surface area contributed by atoms with Crippen molar-refractivity contribution in [3.63, 3.8) is 0 Å². The summed E-state index contributed by atoms with van der Waals surface area (Å²) >= 11 is 12.2. The van der Waals surface area contributed by atoms with Crippen LogP contribution in [0.25, 0.3) is 0 Å². The molecule has 0 aromatic heterocycles. The Morgan fingerprint density at radius 1 is 1.10 bits per heavy atom. The molecule has 0 bridgehead atoms. The van der Waals surface area contributed by atoms with Gasteiger partial charge < -0.3 is 9.84 Å². The van der Waals surface area contributed by atoms with E-state index in [1.54, 1.807) is 18.2 Å². The fraction of sp³-hybridized carbons (Fsp3) is 0.294. The van der Waals surface area contributed by atoms with Crippen LogP contribution in [-0.4, -0.2) is 5.11 Å². The predicted molar refractivity (Wildman–Crippen MR) is 87.1 cm³/mol. The zero-order chi connectivity index (χ0) is 15.2. The van der Waals surface area contributed by atoms with Crippen LogP contribution in [-0.2, 0) is 6.61 Å². The van der Waals surface area contributed by atoms with Gasteiger partial charge in [0.05, 0.1) is 6.10 Å². The summed E-state index contributed by atoms with van der Waals surface area (Å²) in [6.07, 6.45) is 1.21. The van der Waals surface area contributed by atoms with E-state index in [0.29, 0.717) is 22.4 Å². The predicted octanol–water partition coefficient (Wildman–Crippen LogP) is 5.41. The molecule has 0 saturated carbocycles. The van der Waals surface area contributed by atoms with Crippen molar-refractivity contribution in [2.45, 2.75) is 32.5 Å². The zero-order valence-electron chi connectivity index (χ0n) is 11.9. The van der Waals surface area contributed by atoms with E-state index in [4.69, 9.17) is 27.9 Å². The number of benzene rings is 2. The fourth-order valence-electron chi connectivity index (χ4n) is 2.08. The second-order valence-electron chi connectivity index (χ2n) is 4.87. The molecule has 2 nitrogen and oxygen atoms in total. The molecule has 1 unspecified atom stereocenters. The van der Waals surface area contributed by atoms with Crippen molar-refractivity contribution in [3.05, 3.63) is 63.6 Å². The number of aliphatic hydroxyl groups is 1. The molecule has 0 radical (unpaired) electrons. The van der Waals surface area contributed by atoms with Crippen LogP contribution in [0.15, 0.2) is 42.5 Å². The molecule has 21 heavy (non-hydrogen) atoms. The third kappa shape index (κ3) is 4.37. The van der Waals surface area contributed by atoms with Crippen molar-refractivity contribution in [1.29, 1.82) is 0 Å². The van der Waals surface area contributed by atoms with Gasteiger partial charge in [0.15, 0.2) is 0 Å². The second-order valence-corrected chi connectivity index (χ2v) is 5.68. The van der Waals surface area contributed by atoms with Gasteiger partial charge in [0, 0.05) is 15.6 Å². The lowest BCUT2D eigenvalue weighted by atomic mass is 10.1. The van der Waals surface area contributed by atoms with Crippen LogP contribution in [0.4, 0.5) is 0 Å². The summed E-state index contributed by atoms with van der Waals surface area (Å²) in [4.78, 5) is 0. The molecule has 0 spiro atoms. The van der Waals surface area contributed by atoms with Crippen molar-refractivity contribution in [2.75, 3.05) is 0 Å². The van der Waals surface area contributed by atoms with E-state index in [0.717, 1.165) is 24.0 Å². The maximum Gasteiger partial charge on any atom is 0.120 e. The summed E-state index contributed by atoms with van der Waals surface area (Å²) < 4.78 is 5.74. The van der Waals surface area contributed by atoms with Crippen LogP contribution in [0.2, 0.25) is 10.0 Å². The van der Waals surface area contributed by atoms with Gasteiger partial charge in [0.2, 0.25) is 0 Å². The fourth-order valence-corrected chi connectivity index (χ4v) is 2.58. The van der Waals surface area contributed by atoms with Crippen molar-refractivity contribution in [1.82, 2.24) is 0 Å². The molecule has 0 aliphatic rings. The number of rotatable bonds is 6. The molecule has 4 heteroatoms. The summed E-state index contributed by atoms with van der Waals surface area (Å²) in [6, 6.07) is 12.8. The van der Waals surface area contributed by atoms with Gasteiger partial charge in [-0.2, -0.15) is 0 Å². The SMILES string of the molecule is CCCC(O)c1cccc(OCc2c(Cl)cccc2Cl)c1. The van der Waals surface area contributed by atoms with Gasteiger partial charge in [0.25, 0.3) is 0 Å². The van der Waals surface area contributed by atoms with Gasteiger partial charge >= 0.3 is 0 Å². The van der Waals surface area contributed by atoms with Gasteiger partial charge in [-0.15, -0.1) is 0 Å². The van der Waals surface area contributed by atoms with E-state index >= 15 is 0 Å². The van der Waals surface area contributed by atoms with E-state index in [1.807, 2.05) is 31.2 Å². The Morgan fingerprint density at radius 2 is 1.76 bits per heavy atom. The quantitative estimate of drug-likeness (QED) is 0.770. The highest BCUT2D eigenvalue weighted by Crippen LogP contribution is 2.27. The molecule has 2 aromatic rings. The maximum absolute atomic E-state index is 10.0. The Morgan fingerprint density at radius 3 is 2.43 bits per heavy atom. The Balaban J connectivity index is 2.08. The Labute approximate surface area is 135 Å². The normalized spacial score (nSPS) is 12.2. The minimum Gasteiger partial charge on any atom is -0.489 e. The smallest absolute Gasteiger partial charge is 0.120 e. The van der Waals surface area contributed by atoms with Gasteiger partial charge in [0.1, 0.15) is 12.4 Å². The van der Waals surface area contributed by atoms with Gasteiger partial charge in [-0.1, -0.05) is 54.7 Å². The molecule has 0 saturated heterocycles. The highest BCUT2D eigenvalue weighted by atomic mass is 35.5. The topological polar surface area (TPSA) is 29.5 Å². The number of aliphatic hydroxyl groups excluding tert-OH is 1. The lowest BCUT2D eigenvalue weighted by molar-refractivity contribution is 0.166. The molecule has 1 N–H and O–H groups in total. The van der Waals surface area contributed by atoms with Crippen LogP contribution < -0.4 is 4.74 Å². The van der Waals surface area contributed by atoms with E-state index in [9.17, 15) is 5.11 Å². The first-order chi connectivity index (χ1) is 10.1. The Hall–Kier alpha value is -1.22. The van der Waals surface area contributed by atoms with Crippen molar-refractivity contribution >= 4 is 23.2 Å². The maximum atomic E-state index is 10.0. The minimum absolute atomic E-state index is 0.297. The number of halogens is 2. The highest BCUT2D eigenvalue weighted by Gasteiger charge is 2.09. The van der Waals surface area contributed by atoms with Crippen LogP contribution >= 0.6 is 23.2 Å². The van der Waals surface area contributed by atoms with E-state index in [-0.39, 0.29) is 0 Å². The number of ether oxygens (including phenoxy) is 1. The summed E-state index contributed by atoms with van der Waals surface area (Å²) in [5.74, 6) is 0.693. The lowest BCUT2D eigenvalue weighted by Crippen LogP contribution is -2.00. The summed E-state index contributed by atoms with van der Waals surface area (Å²) in [6.45, 7) is 2.34. The largest absolute Gasteiger partial charge is 0.489 e. The highest BCUT2D eigenvalue weighted by molar-refractivity contribution is 6.35. The average molecular weight is 325 g/mol. The van der Waals surface area contributed by atoms with Gasteiger partial charge in [-0.25, -0.2) is 0 Å². The third-order valence-corrected chi connectivity index (χ3v) is 3.96. The second kappa shape index (κ2) is 7.69. The molecular weight excluding hydrogens is 307 g/mol. The molecule has 112 valence electrons. The first-order valence-corrected chi connectivity index (χ1v) is 7.71. The number of hydrogen-bond donors (Lipinski definition) is 1. The van der Waals surface area contributed by atoms with Crippen LogP contribution in [0.1, 0.15) is 37.0 Å². The van der Waals surface area contributed by atoms with Crippen LogP contribution in [0.5, 0.6) is 5.75 Å². The molecule has 2 rings (SSSR count). The molecule has 1 atom stereocenters. The van der Waals surface area contributed by atoms with Crippen LogP contribution in [0, 0.1) is 0 Å². The van der Waals surface area contributed by atoms with Crippen molar-refractivity contribution < 1.29 is 9.84 Å². The zero-order valence-corrected chi connectivity index (χ0v) is 13.4. The Bertz CT molecular complexity index is 579. The molecule has 0 heterocycles. The number of hydrogen-bond acceptors (Lipinski definition) is 2. The molecule has 0 aliphatic heterocycles. The minimum atomic E-state index is -0.456. The standard InChI is InChI=1S/C17H18Cl2O2/c1-2-5-17(20)12-6-3-7-13(10-12)21-11-14-15(18)8-4-9-16(14)19/h3-4,6-10,17,20H,2,5,11H2,1H3. The molecule has 2 aromatic carbocycles. The molecule has 0 fully saturated rings. The molecular formula is C17H18Cl2O2.